The van der Waals surface area contributed by atoms with Crippen molar-refractivity contribution in [2.75, 3.05) is 24.7 Å². The minimum atomic E-state index is -0.684. The smallest absolute Gasteiger partial charge is 0.223 e. The number of hydrogen-bond donors (Lipinski definition) is 3. The van der Waals surface area contributed by atoms with Crippen LogP contribution in [0.25, 0.3) is 0 Å². The number of methoxy groups -OCH3 is 1. The van der Waals surface area contributed by atoms with E-state index in [-0.39, 0.29) is 17.6 Å². The molecule has 0 saturated heterocycles. The van der Waals surface area contributed by atoms with Crippen LogP contribution in [0.15, 0.2) is 30.3 Å². The predicted molar refractivity (Wildman–Crippen MR) is 77.9 cm³/mol. The molecule has 1 unspecified atom stereocenters. The van der Waals surface area contributed by atoms with Crippen LogP contribution in [0.1, 0.15) is 11.7 Å². The summed E-state index contributed by atoms with van der Waals surface area (Å²) in [7, 11) is 1.59. The van der Waals surface area contributed by atoms with Gasteiger partial charge in [0.05, 0.1) is 13.2 Å². The summed E-state index contributed by atoms with van der Waals surface area (Å²) in [5, 5.41) is 13.3. The number of anilines is 2. The van der Waals surface area contributed by atoms with Gasteiger partial charge in [-0.05, 0) is 17.7 Å². The largest absolute Gasteiger partial charge is 0.497 e. The van der Waals surface area contributed by atoms with Crippen molar-refractivity contribution in [3.63, 3.8) is 0 Å². The van der Waals surface area contributed by atoms with E-state index in [9.17, 15) is 5.11 Å². The predicted octanol–water partition coefficient (Wildman–Crippen LogP) is 1.87. The third-order valence-electron chi connectivity index (χ3n) is 2.69. The molecular weight excluding hydrogens is 280 g/mol. The van der Waals surface area contributed by atoms with Gasteiger partial charge in [-0.25, -0.2) is 4.98 Å². The monoisotopic (exact) mass is 294 g/mol. The zero-order valence-corrected chi connectivity index (χ0v) is 11.6. The number of nitrogens with zero attached hydrogens (tertiary/aromatic N) is 2. The number of nitrogen functional groups attached to an aromatic ring is 1. The van der Waals surface area contributed by atoms with Crippen molar-refractivity contribution in [3.8, 4) is 5.75 Å². The van der Waals surface area contributed by atoms with Crippen LogP contribution < -0.4 is 15.8 Å². The van der Waals surface area contributed by atoms with Crippen LogP contribution >= 0.6 is 11.6 Å². The van der Waals surface area contributed by atoms with Crippen LogP contribution in [0.4, 0.5) is 11.8 Å². The molecular formula is C13H15ClN4O2. The molecule has 0 amide bonds. The van der Waals surface area contributed by atoms with Crippen molar-refractivity contribution < 1.29 is 9.84 Å². The van der Waals surface area contributed by atoms with Crippen molar-refractivity contribution in [1.82, 2.24) is 9.97 Å². The van der Waals surface area contributed by atoms with Crippen LogP contribution in [-0.4, -0.2) is 28.7 Å². The highest BCUT2D eigenvalue weighted by Gasteiger charge is 2.08. The third kappa shape index (κ3) is 3.72. The normalized spacial score (nSPS) is 11.9. The van der Waals surface area contributed by atoms with E-state index in [1.807, 2.05) is 0 Å². The topological polar surface area (TPSA) is 93.3 Å². The van der Waals surface area contributed by atoms with Gasteiger partial charge in [-0.3, -0.25) is 0 Å². The molecule has 0 fully saturated rings. The number of nitrogens with two attached hydrogens (primary N) is 1. The number of ether oxygens (including phenoxy) is 1. The number of nitrogens with one attached hydrogen (secondary N) is 1. The van der Waals surface area contributed by atoms with Gasteiger partial charge < -0.3 is 20.9 Å². The molecule has 6 nitrogen and oxygen atoms in total. The summed E-state index contributed by atoms with van der Waals surface area (Å²) >= 11 is 5.77. The lowest BCUT2D eigenvalue weighted by Gasteiger charge is -2.13. The summed E-state index contributed by atoms with van der Waals surface area (Å²) in [4.78, 5) is 7.72. The van der Waals surface area contributed by atoms with Gasteiger partial charge >= 0.3 is 0 Å². The molecule has 7 heteroatoms. The number of rotatable bonds is 5. The molecule has 0 bridgehead atoms. The molecule has 2 rings (SSSR count). The number of aromatic nitrogens is 2. The standard InChI is InChI=1S/C13H15ClN4O2/c1-20-9-4-2-8(3-5-9)10(19)7-16-12-6-11(14)17-13(15)18-12/h2-6,10,19H,7H2,1H3,(H3,15,16,17,18). The molecule has 0 aliphatic carbocycles. The average molecular weight is 295 g/mol. The van der Waals surface area contributed by atoms with E-state index in [4.69, 9.17) is 22.1 Å². The van der Waals surface area contributed by atoms with E-state index in [0.717, 1.165) is 11.3 Å². The summed E-state index contributed by atoms with van der Waals surface area (Å²) in [6.07, 6.45) is -0.684. The molecule has 20 heavy (non-hydrogen) atoms. The maximum Gasteiger partial charge on any atom is 0.223 e. The van der Waals surface area contributed by atoms with Crippen molar-refractivity contribution in [2.24, 2.45) is 0 Å². The highest BCUT2D eigenvalue weighted by molar-refractivity contribution is 6.29. The Hall–Kier alpha value is -2.05. The van der Waals surface area contributed by atoms with Crippen molar-refractivity contribution in [3.05, 3.63) is 41.0 Å². The Morgan fingerprint density at radius 1 is 1.35 bits per heavy atom. The van der Waals surface area contributed by atoms with Gasteiger partial charge in [-0.1, -0.05) is 23.7 Å². The molecule has 1 aromatic heterocycles. The van der Waals surface area contributed by atoms with Crippen molar-refractivity contribution >= 4 is 23.4 Å². The van der Waals surface area contributed by atoms with Crippen LogP contribution in [-0.2, 0) is 0 Å². The minimum absolute atomic E-state index is 0.0823. The van der Waals surface area contributed by atoms with E-state index in [1.54, 1.807) is 37.4 Å². The molecule has 106 valence electrons. The molecule has 0 spiro atoms. The van der Waals surface area contributed by atoms with Gasteiger partial charge in [0.2, 0.25) is 5.95 Å². The lowest BCUT2D eigenvalue weighted by atomic mass is 10.1. The molecule has 1 heterocycles. The Labute approximate surface area is 121 Å². The Kier molecular flexibility index (Phi) is 4.60. The van der Waals surface area contributed by atoms with E-state index >= 15 is 0 Å². The average Bonchev–Trinajstić information content (AvgIpc) is 2.44. The second-order valence-corrected chi connectivity index (χ2v) is 4.49. The lowest BCUT2D eigenvalue weighted by Crippen LogP contribution is -2.13. The van der Waals surface area contributed by atoms with Gasteiger partial charge in [0.25, 0.3) is 0 Å². The maximum atomic E-state index is 10.1. The van der Waals surface area contributed by atoms with Crippen molar-refractivity contribution in [1.29, 1.82) is 0 Å². The number of halogens is 1. The molecule has 0 saturated carbocycles. The first kappa shape index (κ1) is 14.4. The summed E-state index contributed by atoms with van der Waals surface area (Å²) in [5.41, 5.74) is 6.26. The highest BCUT2D eigenvalue weighted by Crippen LogP contribution is 2.19. The van der Waals surface area contributed by atoms with E-state index < -0.39 is 6.10 Å². The van der Waals surface area contributed by atoms with Gasteiger partial charge in [0.1, 0.15) is 16.7 Å². The molecule has 1 aromatic carbocycles. The Balaban J connectivity index is 1.98. The first-order valence-corrected chi connectivity index (χ1v) is 6.32. The zero-order valence-electron chi connectivity index (χ0n) is 10.9. The second-order valence-electron chi connectivity index (χ2n) is 4.10. The van der Waals surface area contributed by atoms with Gasteiger partial charge in [0, 0.05) is 12.6 Å². The molecule has 1 atom stereocenters. The van der Waals surface area contributed by atoms with Crippen LogP contribution in [0, 0.1) is 0 Å². The summed E-state index contributed by atoms with van der Waals surface area (Å²) < 4.78 is 5.06. The minimum Gasteiger partial charge on any atom is -0.497 e. The summed E-state index contributed by atoms with van der Waals surface area (Å²) in [6.45, 7) is 0.277. The second kappa shape index (κ2) is 6.40. The van der Waals surface area contributed by atoms with Gasteiger partial charge in [-0.2, -0.15) is 4.98 Å². The van der Waals surface area contributed by atoms with E-state index in [2.05, 4.69) is 15.3 Å². The van der Waals surface area contributed by atoms with Gasteiger partial charge in [0.15, 0.2) is 0 Å². The van der Waals surface area contributed by atoms with E-state index in [1.165, 1.54) is 0 Å². The molecule has 2 aromatic rings. The van der Waals surface area contributed by atoms with E-state index in [0.29, 0.717) is 5.82 Å². The van der Waals surface area contributed by atoms with Crippen LogP contribution in [0.3, 0.4) is 0 Å². The fraction of sp³-hybridized carbons (Fsp3) is 0.231. The third-order valence-corrected chi connectivity index (χ3v) is 2.88. The first-order valence-electron chi connectivity index (χ1n) is 5.94. The highest BCUT2D eigenvalue weighted by atomic mass is 35.5. The number of hydrogen-bond acceptors (Lipinski definition) is 6. The van der Waals surface area contributed by atoms with Crippen LogP contribution in [0.2, 0.25) is 5.15 Å². The molecule has 0 aliphatic rings. The first-order chi connectivity index (χ1) is 9.58. The SMILES string of the molecule is COc1ccc(C(O)CNc2cc(Cl)nc(N)n2)cc1. The number of aliphatic hydroxyl groups is 1. The molecule has 0 radical (unpaired) electrons. The summed E-state index contributed by atoms with van der Waals surface area (Å²) in [5.74, 6) is 1.29. The number of aliphatic hydroxyl groups excluding tert-OH is 1. The Morgan fingerprint density at radius 2 is 2.05 bits per heavy atom. The number of benzene rings is 1. The summed E-state index contributed by atoms with van der Waals surface area (Å²) in [6, 6.07) is 8.72. The Bertz CT molecular complexity index is 557. The quantitative estimate of drug-likeness (QED) is 0.729. The maximum absolute atomic E-state index is 10.1. The Morgan fingerprint density at radius 3 is 2.65 bits per heavy atom. The van der Waals surface area contributed by atoms with Crippen LogP contribution in [0.5, 0.6) is 5.75 Å². The van der Waals surface area contributed by atoms with Gasteiger partial charge in [-0.15, -0.1) is 0 Å². The zero-order chi connectivity index (χ0) is 14.5. The van der Waals surface area contributed by atoms with Crippen molar-refractivity contribution in [2.45, 2.75) is 6.10 Å². The fourth-order valence-electron chi connectivity index (χ4n) is 1.67. The molecule has 0 aliphatic heterocycles. The lowest BCUT2D eigenvalue weighted by molar-refractivity contribution is 0.191. The molecule has 4 N–H and O–H groups in total. The fourth-order valence-corrected chi connectivity index (χ4v) is 1.86.